The van der Waals surface area contributed by atoms with Gasteiger partial charge in [0.05, 0.1) is 22.3 Å². The molecule has 3 rings (SSSR count). The summed E-state index contributed by atoms with van der Waals surface area (Å²) in [5.41, 5.74) is 0.302. The van der Waals surface area contributed by atoms with Crippen molar-refractivity contribution in [3.63, 3.8) is 0 Å². The van der Waals surface area contributed by atoms with Gasteiger partial charge < -0.3 is 10.6 Å². The lowest BCUT2D eigenvalue weighted by atomic mass is 10.1. The molecule has 2 aromatic carbocycles. The largest absolute Gasteiger partial charge is 0.350 e. The highest BCUT2D eigenvalue weighted by molar-refractivity contribution is 6.33. The second kappa shape index (κ2) is 8.22. The molecule has 0 atom stereocenters. The Balaban J connectivity index is 1.79. The molecule has 2 N–H and O–H groups in total. The Morgan fingerprint density at radius 3 is 2.68 bits per heavy atom. The van der Waals surface area contributed by atoms with Crippen LogP contribution in [-0.2, 0) is 11.3 Å². The van der Waals surface area contributed by atoms with Crippen molar-refractivity contribution in [1.82, 2.24) is 15.1 Å². The smallest absolute Gasteiger partial charge is 0.275 e. The molecule has 0 saturated carbocycles. The number of anilines is 1. The number of rotatable bonds is 5. The van der Waals surface area contributed by atoms with Crippen LogP contribution in [-0.4, -0.2) is 27.6 Å². The van der Waals surface area contributed by atoms with Gasteiger partial charge in [0.1, 0.15) is 6.54 Å². The molecule has 3 aromatic rings. The highest BCUT2D eigenvalue weighted by Gasteiger charge is 2.13. The van der Waals surface area contributed by atoms with E-state index in [9.17, 15) is 14.4 Å². The Kier molecular flexibility index (Phi) is 5.75. The number of benzene rings is 2. The lowest BCUT2D eigenvalue weighted by Crippen LogP contribution is -2.30. The van der Waals surface area contributed by atoms with Crippen LogP contribution >= 0.6 is 11.6 Å². The third-order valence-electron chi connectivity index (χ3n) is 3.98. The fourth-order valence-electron chi connectivity index (χ4n) is 2.67. The van der Waals surface area contributed by atoms with Gasteiger partial charge in [-0.3, -0.25) is 14.4 Å². The van der Waals surface area contributed by atoms with Gasteiger partial charge in [0.15, 0.2) is 0 Å². The first-order chi connectivity index (χ1) is 13.3. The molecule has 0 unspecified atom stereocenters. The molecule has 0 aliphatic carbocycles. The van der Waals surface area contributed by atoms with Gasteiger partial charge in [0.25, 0.3) is 11.5 Å². The van der Waals surface area contributed by atoms with Crippen LogP contribution in [0.4, 0.5) is 5.69 Å². The number of hydrogen-bond acceptors (Lipinski definition) is 4. The number of aromatic nitrogens is 2. The van der Waals surface area contributed by atoms with E-state index < -0.39 is 5.91 Å². The van der Waals surface area contributed by atoms with Gasteiger partial charge in [-0.1, -0.05) is 29.8 Å². The van der Waals surface area contributed by atoms with Gasteiger partial charge in [0.2, 0.25) is 5.91 Å². The van der Waals surface area contributed by atoms with Crippen LogP contribution in [0.3, 0.4) is 0 Å². The maximum atomic E-state index is 12.5. The Morgan fingerprint density at radius 2 is 1.93 bits per heavy atom. The summed E-state index contributed by atoms with van der Waals surface area (Å²) < 4.78 is 1.08. The van der Waals surface area contributed by atoms with Crippen molar-refractivity contribution in [2.75, 3.05) is 5.32 Å². The zero-order valence-electron chi connectivity index (χ0n) is 15.4. The van der Waals surface area contributed by atoms with Gasteiger partial charge in [0, 0.05) is 17.0 Å². The van der Waals surface area contributed by atoms with E-state index >= 15 is 0 Å². The van der Waals surface area contributed by atoms with E-state index in [0.717, 1.165) is 4.68 Å². The molecule has 0 radical (unpaired) electrons. The average Bonchev–Trinajstić information content (AvgIpc) is 2.65. The fourth-order valence-corrected chi connectivity index (χ4v) is 2.84. The summed E-state index contributed by atoms with van der Waals surface area (Å²) >= 11 is 6.13. The first-order valence-corrected chi connectivity index (χ1v) is 9.08. The van der Waals surface area contributed by atoms with Gasteiger partial charge in [-0.25, -0.2) is 4.68 Å². The van der Waals surface area contributed by atoms with Gasteiger partial charge in [-0.05, 0) is 38.1 Å². The third-order valence-corrected chi connectivity index (χ3v) is 4.31. The SMILES string of the molecule is CC(C)NC(=O)c1ccc(Cl)c(NC(=O)Cn2ncc3ccccc3c2=O)c1. The predicted molar refractivity (Wildman–Crippen MR) is 109 cm³/mol. The van der Waals surface area contributed by atoms with Crippen molar-refractivity contribution in [1.29, 1.82) is 0 Å². The molecule has 2 amide bonds. The van der Waals surface area contributed by atoms with Gasteiger partial charge >= 0.3 is 0 Å². The number of hydrogen-bond donors (Lipinski definition) is 2. The Hall–Kier alpha value is -3.19. The zero-order valence-corrected chi connectivity index (χ0v) is 16.2. The molecule has 1 aromatic heterocycles. The molecule has 0 spiro atoms. The molecule has 0 saturated heterocycles. The minimum Gasteiger partial charge on any atom is -0.350 e. The fraction of sp³-hybridized carbons (Fsp3) is 0.200. The minimum absolute atomic E-state index is 0.0212. The van der Waals surface area contributed by atoms with E-state index in [0.29, 0.717) is 16.3 Å². The molecule has 28 heavy (non-hydrogen) atoms. The van der Waals surface area contributed by atoms with Crippen LogP contribution in [0.5, 0.6) is 0 Å². The zero-order chi connectivity index (χ0) is 20.3. The van der Waals surface area contributed by atoms with Crippen molar-refractivity contribution in [2.24, 2.45) is 0 Å². The lowest BCUT2D eigenvalue weighted by molar-refractivity contribution is -0.117. The second-order valence-electron chi connectivity index (χ2n) is 6.57. The third kappa shape index (κ3) is 4.37. The summed E-state index contributed by atoms with van der Waals surface area (Å²) in [6.07, 6.45) is 1.54. The monoisotopic (exact) mass is 398 g/mol. The lowest BCUT2D eigenvalue weighted by Gasteiger charge is -2.12. The minimum atomic E-state index is -0.479. The number of nitrogens with one attached hydrogen (secondary N) is 2. The van der Waals surface area contributed by atoms with E-state index in [1.165, 1.54) is 18.3 Å². The molecule has 7 nitrogen and oxygen atoms in total. The summed E-state index contributed by atoms with van der Waals surface area (Å²) in [6, 6.07) is 11.6. The number of carbonyl (C=O) groups is 2. The summed E-state index contributed by atoms with van der Waals surface area (Å²) in [5, 5.41) is 10.9. The number of halogens is 1. The molecule has 0 aliphatic rings. The van der Waals surface area contributed by atoms with Crippen molar-refractivity contribution in [2.45, 2.75) is 26.4 Å². The van der Waals surface area contributed by atoms with Crippen molar-refractivity contribution in [3.05, 3.63) is 69.6 Å². The molecule has 1 heterocycles. The van der Waals surface area contributed by atoms with E-state index in [2.05, 4.69) is 15.7 Å². The van der Waals surface area contributed by atoms with E-state index in [-0.39, 0.29) is 34.8 Å². The molecular formula is C20H19ClN4O3. The second-order valence-corrected chi connectivity index (χ2v) is 6.97. The Bertz CT molecular complexity index is 1110. The summed E-state index contributed by atoms with van der Waals surface area (Å²) in [4.78, 5) is 37.0. The first-order valence-electron chi connectivity index (χ1n) is 8.70. The van der Waals surface area contributed by atoms with Crippen LogP contribution in [0.1, 0.15) is 24.2 Å². The maximum Gasteiger partial charge on any atom is 0.275 e. The van der Waals surface area contributed by atoms with Crippen LogP contribution in [0.2, 0.25) is 5.02 Å². The van der Waals surface area contributed by atoms with Gasteiger partial charge in [-0.15, -0.1) is 0 Å². The van der Waals surface area contributed by atoms with E-state index in [1.807, 2.05) is 19.9 Å². The molecule has 8 heteroatoms. The van der Waals surface area contributed by atoms with Crippen LogP contribution < -0.4 is 16.2 Å². The van der Waals surface area contributed by atoms with Gasteiger partial charge in [-0.2, -0.15) is 5.10 Å². The van der Waals surface area contributed by atoms with Crippen LogP contribution in [0.25, 0.3) is 10.8 Å². The number of fused-ring (bicyclic) bond motifs is 1. The summed E-state index contributed by atoms with van der Waals surface area (Å²) in [5.74, 6) is -0.747. The Labute approximate surface area is 166 Å². The standard InChI is InChI=1S/C20H19ClN4O3/c1-12(2)23-19(27)13-7-8-16(21)17(9-13)24-18(26)11-25-20(28)15-6-4-3-5-14(15)10-22-25/h3-10,12H,11H2,1-2H3,(H,23,27)(H,24,26). The molecule has 144 valence electrons. The quantitative estimate of drug-likeness (QED) is 0.691. The van der Waals surface area contributed by atoms with Crippen LogP contribution in [0.15, 0.2) is 53.5 Å². The van der Waals surface area contributed by atoms with Crippen molar-refractivity contribution in [3.8, 4) is 0 Å². The van der Waals surface area contributed by atoms with Crippen LogP contribution in [0, 0.1) is 0 Å². The molecule has 0 fully saturated rings. The predicted octanol–water partition coefficient (Wildman–Crippen LogP) is 2.83. The summed E-state index contributed by atoms with van der Waals surface area (Å²) in [6.45, 7) is 3.43. The maximum absolute atomic E-state index is 12.5. The topological polar surface area (TPSA) is 93.1 Å². The van der Waals surface area contributed by atoms with E-state index in [4.69, 9.17) is 11.6 Å². The molecular weight excluding hydrogens is 380 g/mol. The molecule has 0 bridgehead atoms. The Morgan fingerprint density at radius 1 is 1.18 bits per heavy atom. The highest BCUT2D eigenvalue weighted by Crippen LogP contribution is 2.23. The van der Waals surface area contributed by atoms with Crippen molar-refractivity contribution >= 4 is 39.9 Å². The highest BCUT2D eigenvalue weighted by atomic mass is 35.5. The average molecular weight is 399 g/mol. The van der Waals surface area contributed by atoms with Crippen molar-refractivity contribution < 1.29 is 9.59 Å². The number of carbonyl (C=O) groups excluding carboxylic acids is 2. The number of amides is 2. The normalized spacial score (nSPS) is 10.9. The summed E-state index contributed by atoms with van der Waals surface area (Å²) in [7, 11) is 0. The molecule has 0 aliphatic heterocycles. The number of nitrogens with zero attached hydrogens (tertiary/aromatic N) is 2. The first kappa shape index (κ1) is 19.6. The van der Waals surface area contributed by atoms with E-state index in [1.54, 1.807) is 24.3 Å².